The Kier molecular flexibility index (Phi) is 12.7. The van der Waals surface area contributed by atoms with E-state index in [1.807, 2.05) is 0 Å². The molecule has 0 atom stereocenters. The zero-order valence-corrected chi connectivity index (χ0v) is 13.0. The van der Waals surface area contributed by atoms with Crippen molar-refractivity contribution in [3.05, 3.63) is 56.3 Å². The number of benzene rings is 1. The van der Waals surface area contributed by atoms with Crippen molar-refractivity contribution in [2.75, 3.05) is 0 Å². The molecule has 1 heteroatoms. The van der Waals surface area contributed by atoms with Crippen LogP contribution in [0.25, 0.3) is 10.8 Å². The Morgan fingerprint density at radius 1 is 1.06 bits per heavy atom. The minimum absolute atomic E-state index is 0. The summed E-state index contributed by atoms with van der Waals surface area (Å²) in [6, 6.07) is 14.7. The molecular weight excluding hydrogens is 271 g/mol. The molecular formula is C15H21Zr+. The van der Waals surface area contributed by atoms with Crippen LogP contribution < -0.4 is 0 Å². The van der Waals surface area contributed by atoms with Crippen LogP contribution in [0.15, 0.2) is 42.5 Å². The predicted octanol–water partition coefficient (Wildman–Crippen LogP) is 5.02. The topological polar surface area (TPSA) is 0 Å². The van der Waals surface area contributed by atoms with Gasteiger partial charge in [0.25, 0.3) is 0 Å². The third kappa shape index (κ3) is 6.33. The van der Waals surface area contributed by atoms with E-state index < -0.39 is 0 Å². The second-order valence-electron chi connectivity index (χ2n) is 3.26. The maximum absolute atomic E-state index is 2.25. The van der Waals surface area contributed by atoms with Crippen molar-refractivity contribution in [3.8, 4) is 0 Å². The first-order chi connectivity index (χ1) is 6.88. The van der Waals surface area contributed by atoms with E-state index in [-0.39, 0.29) is 33.6 Å². The standard InChI is InChI=1S/C9H7.C5H11.CH3.Zr/c1-2-5-9-7-3-6-8(9)4-1;1-3-5-4-2;;/h1-7H;5H,3-4H2,1-2H3;1H3;/q3*-1;+4. The fourth-order valence-electron chi connectivity index (χ4n) is 1.36. The van der Waals surface area contributed by atoms with Gasteiger partial charge in [-0.15, -0.1) is 29.7 Å². The van der Waals surface area contributed by atoms with Gasteiger partial charge in [-0.05, 0) is 0 Å². The van der Waals surface area contributed by atoms with Crippen molar-refractivity contribution in [1.29, 1.82) is 0 Å². The van der Waals surface area contributed by atoms with Crippen molar-refractivity contribution < 1.29 is 26.2 Å². The van der Waals surface area contributed by atoms with Crippen LogP contribution in [0.5, 0.6) is 0 Å². The molecule has 84 valence electrons. The SMILES string of the molecule is CC[CH-]CC.[CH3-].[Zr+4].c1ccc2[cH-]ccc2c1. The first kappa shape index (κ1) is 18.1. The molecule has 2 aromatic rings. The molecule has 0 aliphatic carbocycles. The normalized spacial score (nSPS) is 8.38. The molecule has 0 heterocycles. The molecule has 0 amide bonds. The Bertz CT molecular complexity index is 317. The van der Waals surface area contributed by atoms with Crippen molar-refractivity contribution in [2.45, 2.75) is 26.7 Å². The second kappa shape index (κ2) is 11.2. The molecule has 0 fully saturated rings. The number of hydrogen-bond acceptors (Lipinski definition) is 0. The summed E-state index contributed by atoms with van der Waals surface area (Å²) in [6.07, 6.45) is 4.69. The molecule has 0 N–H and O–H groups in total. The number of rotatable bonds is 2. The molecule has 0 unspecified atom stereocenters. The van der Waals surface area contributed by atoms with Gasteiger partial charge >= 0.3 is 26.2 Å². The van der Waals surface area contributed by atoms with Crippen LogP contribution in [0.3, 0.4) is 0 Å². The van der Waals surface area contributed by atoms with Gasteiger partial charge in [0, 0.05) is 0 Å². The zero-order chi connectivity index (χ0) is 10.2. The van der Waals surface area contributed by atoms with Gasteiger partial charge < -0.3 is 13.8 Å². The van der Waals surface area contributed by atoms with E-state index >= 15 is 0 Å². The van der Waals surface area contributed by atoms with E-state index in [4.69, 9.17) is 0 Å². The van der Waals surface area contributed by atoms with Gasteiger partial charge in [-0.2, -0.15) is 30.4 Å². The molecule has 0 aliphatic rings. The third-order valence-corrected chi connectivity index (χ3v) is 2.12. The van der Waals surface area contributed by atoms with Crippen molar-refractivity contribution in [2.24, 2.45) is 0 Å². The van der Waals surface area contributed by atoms with Crippen LogP contribution >= 0.6 is 0 Å². The molecule has 2 rings (SSSR count). The fraction of sp³-hybridized carbons (Fsp3) is 0.267. The summed E-state index contributed by atoms with van der Waals surface area (Å²) in [7, 11) is 0. The molecule has 0 nitrogen and oxygen atoms in total. The predicted molar refractivity (Wildman–Crippen MR) is 70.8 cm³/mol. The largest absolute Gasteiger partial charge is 4.00 e. The summed E-state index contributed by atoms with van der Waals surface area (Å²) in [5, 5.41) is 2.66. The summed E-state index contributed by atoms with van der Waals surface area (Å²) < 4.78 is 0. The van der Waals surface area contributed by atoms with E-state index in [0.717, 1.165) is 0 Å². The maximum atomic E-state index is 2.25. The summed E-state index contributed by atoms with van der Waals surface area (Å²) in [4.78, 5) is 0. The van der Waals surface area contributed by atoms with E-state index in [1.165, 1.54) is 23.6 Å². The van der Waals surface area contributed by atoms with Gasteiger partial charge in [0.15, 0.2) is 0 Å². The first-order valence-electron chi connectivity index (χ1n) is 5.30. The minimum atomic E-state index is 0. The van der Waals surface area contributed by atoms with Crippen LogP contribution in [0.2, 0.25) is 0 Å². The van der Waals surface area contributed by atoms with Crippen LogP contribution in [-0.2, 0) is 26.2 Å². The summed E-state index contributed by atoms with van der Waals surface area (Å²) in [5.74, 6) is 0. The average Bonchev–Trinajstić information content (AvgIpc) is 2.67. The Balaban J connectivity index is 0. The van der Waals surface area contributed by atoms with Crippen molar-refractivity contribution in [3.63, 3.8) is 0 Å². The minimum Gasteiger partial charge on any atom is -0.358 e. The Morgan fingerprint density at radius 3 is 2.19 bits per heavy atom. The summed E-state index contributed by atoms with van der Waals surface area (Å²) in [6.45, 7) is 4.31. The molecule has 0 aromatic heterocycles. The van der Waals surface area contributed by atoms with Crippen LogP contribution in [0.4, 0.5) is 0 Å². The summed E-state index contributed by atoms with van der Waals surface area (Å²) in [5.41, 5.74) is 0. The van der Waals surface area contributed by atoms with Crippen molar-refractivity contribution >= 4 is 10.8 Å². The van der Waals surface area contributed by atoms with E-state index in [0.29, 0.717) is 0 Å². The van der Waals surface area contributed by atoms with E-state index in [2.05, 4.69) is 62.7 Å². The quantitative estimate of drug-likeness (QED) is 0.682. The monoisotopic (exact) mass is 291 g/mol. The second-order valence-corrected chi connectivity index (χ2v) is 3.26. The first-order valence-corrected chi connectivity index (χ1v) is 5.30. The zero-order valence-electron chi connectivity index (χ0n) is 10.5. The molecule has 0 aliphatic heterocycles. The van der Waals surface area contributed by atoms with Crippen LogP contribution in [0, 0.1) is 13.8 Å². The molecule has 0 spiro atoms. The Hall–Kier alpha value is -0.287. The van der Waals surface area contributed by atoms with E-state index in [1.54, 1.807) is 0 Å². The fourth-order valence-corrected chi connectivity index (χ4v) is 1.36. The molecule has 0 bridgehead atoms. The third-order valence-electron chi connectivity index (χ3n) is 2.12. The maximum Gasteiger partial charge on any atom is 4.00 e. The Labute approximate surface area is 120 Å². The van der Waals surface area contributed by atoms with Crippen LogP contribution in [-0.4, -0.2) is 0 Å². The van der Waals surface area contributed by atoms with Gasteiger partial charge in [-0.25, -0.2) is 0 Å². The molecule has 0 radical (unpaired) electrons. The average molecular weight is 293 g/mol. The molecule has 16 heavy (non-hydrogen) atoms. The molecule has 2 aromatic carbocycles. The smallest absolute Gasteiger partial charge is 0.358 e. The number of fused-ring (bicyclic) bond motifs is 1. The molecule has 0 saturated heterocycles. The van der Waals surface area contributed by atoms with Gasteiger partial charge in [-0.3, -0.25) is 0 Å². The number of unbranched alkanes of at least 4 members (excludes halogenated alkanes) is 2. The summed E-state index contributed by atoms with van der Waals surface area (Å²) >= 11 is 0. The van der Waals surface area contributed by atoms with Gasteiger partial charge in [-0.1, -0.05) is 19.9 Å². The van der Waals surface area contributed by atoms with E-state index in [9.17, 15) is 0 Å². The van der Waals surface area contributed by atoms with Gasteiger partial charge in [0.2, 0.25) is 0 Å². The van der Waals surface area contributed by atoms with Gasteiger partial charge in [0.1, 0.15) is 0 Å². The number of hydrogen-bond donors (Lipinski definition) is 0. The van der Waals surface area contributed by atoms with Crippen LogP contribution in [0.1, 0.15) is 26.7 Å². The van der Waals surface area contributed by atoms with Crippen molar-refractivity contribution in [1.82, 2.24) is 0 Å². The molecule has 0 saturated carbocycles. The van der Waals surface area contributed by atoms with Gasteiger partial charge in [0.05, 0.1) is 0 Å². The Morgan fingerprint density at radius 2 is 1.69 bits per heavy atom.